The zero-order chi connectivity index (χ0) is 11.5. The number of halogens is 1. The highest BCUT2D eigenvalue weighted by atomic mass is 35.5. The molecule has 0 aliphatic carbocycles. The summed E-state index contributed by atoms with van der Waals surface area (Å²) in [4.78, 5) is 11.4. The van der Waals surface area contributed by atoms with Crippen molar-refractivity contribution in [3.8, 4) is 0 Å². The quantitative estimate of drug-likeness (QED) is 0.804. The van der Waals surface area contributed by atoms with Gasteiger partial charge in [0.2, 0.25) is 0 Å². The smallest absolute Gasteiger partial charge is 0.310 e. The second-order valence-corrected chi connectivity index (χ2v) is 4.35. The maximum Gasteiger partial charge on any atom is 0.310 e. The van der Waals surface area contributed by atoms with Crippen molar-refractivity contribution >= 4 is 17.6 Å². The van der Waals surface area contributed by atoms with E-state index in [2.05, 4.69) is 5.32 Å². The van der Waals surface area contributed by atoms with Crippen molar-refractivity contribution in [1.82, 2.24) is 5.32 Å². The Bertz CT molecular complexity index is 394. The number of rotatable bonds is 2. The van der Waals surface area contributed by atoms with Gasteiger partial charge in [0.1, 0.15) is 0 Å². The van der Waals surface area contributed by atoms with Gasteiger partial charge in [-0.3, -0.25) is 4.79 Å². The third kappa shape index (κ3) is 2.20. The Balaban J connectivity index is 2.09. The van der Waals surface area contributed by atoms with Gasteiger partial charge in [0.15, 0.2) is 0 Å². The maximum atomic E-state index is 11.4. The molecule has 86 valence electrons. The molecule has 2 atom stereocenters. The molecule has 4 heteroatoms. The summed E-state index contributed by atoms with van der Waals surface area (Å²) < 4.78 is 4.74. The van der Waals surface area contributed by atoms with Crippen LogP contribution in [-0.4, -0.2) is 19.6 Å². The van der Waals surface area contributed by atoms with E-state index in [-0.39, 0.29) is 17.9 Å². The van der Waals surface area contributed by atoms with Crippen molar-refractivity contribution in [3.05, 3.63) is 34.9 Å². The van der Waals surface area contributed by atoms with E-state index in [1.807, 2.05) is 24.3 Å². The predicted octanol–water partition coefficient (Wildman–Crippen LogP) is 2.16. The van der Waals surface area contributed by atoms with Crippen LogP contribution in [0.25, 0.3) is 0 Å². The van der Waals surface area contributed by atoms with Gasteiger partial charge in [0.05, 0.1) is 13.0 Å². The Kier molecular flexibility index (Phi) is 3.46. The minimum absolute atomic E-state index is 0.0636. The van der Waals surface area contributed by atoms with Gasteiger partial charge < -0.3 is 10.1 Å². The van der Waals surface area contributed by atoms with Crippen LogP contribution in [0.4, 0.5) is 0 Å². The monoisotopic (exact) mass is 239 g/mol. The molecular formula is C12H14ClNO2. The molecule has 1 aromatic carbocycles. The fraction of sp³-hybridized carbons (Fsp3) is 0.417. The van der Waals surface area contributed by atoms with Crippen LogP contribution in [0, 0.1) is 5.92 Å². The van der Waals surface area contributed by atoms with E-state index in [0.717, 1.165) is 17.0 Å². The Hall–Kier alpha value is -1.06. The summed E-state index contributed by atoms with van der Waals surface area (Å²) in [5.74, 6) is -0.215. The number of methoxy groups -OCH3 is 1. The van der Waals surface area contributed by atoms with Crippen molar-refractivity contribution in [2.75, 3.05) is 13.7 Å². The van der Waals surface area contributed by atoms with Crippen LogP contribution in [0.2, 0.25) is 5.02 Å². The van der Waals surface area contributed by atoms with Crippen molar-refractivity contribution in [1.29, 1.82) is 0 Å². The lowest BCUT2D eigenvalue weighted by Gasteiger charge is -2.12. The molecule has 3 nitrogen and oxygen atoms in total. The molecule has 1 aliphatic heterocycles. The second kappa shape index (κ2) is 4.85. The van der Waals surface area contributed by atoms with E-state index >= 15 is 0 Å². The first-order valence-corrected chi connectivity index (χ1v) is 5.66. The van der Waals surface area contributed by atoms with Crippen molar-refractivity contribution in [2.45, 2.75) is 12.5 Å². The molecule has 2 rings (SSSR count). The summed E-state index contributed by atoms with van der Waals surface area (Å²) in [6, 6.07) is 7.86. The minimum Gasteiger partial charge on any atom is -0.469 e. The number of hydrogen-bond donors (Lipinski definition) is 1. The molecular weight excluding hydrogens is 226 g/mol. The van der Waals surface area contributed by atoms with Crippen LogP contribution in [0.5, 0.6) is 0 Å². The Labute approximate surface area is 99.7 Å². The van der Waals surface area contributed by atoms with Gasteiger partial charge in [-0.1, -0.05) is 29.8 Å². The van der Waals surface area contributed by atoms with E-state index < -0.39 is 0 Å². The summed E-state index contributed by atoms with van der Waals surface area (Å²) in [6.07, 6.45) is 0.746. The van der Waals surface area contributed by atoms with Crippen LogP contribution >= 0.6 is 11.6 Å². The molecule has 0 bridgehead atoms. The van der Waals surface area contributed by atoms with E-state index in [9.17, 15) is 4.79 Å². The van der Waals surface area contributed by atoms with E-state index in [1.165, 1.54) is 7.11 Å². The van der Waals surface area contributed by atoms with E-state index in [0.29, 0.717) is 6.54 Å². The van der Waals surface area contributed by atoms with Crippen molar-refractivity contribution in [2.24, 2.45) is 5.92 Å². The zero-order valence-corrected chi connectivity index (χ0v) is 9.83. The molecule has 1 fully saturated rings. The van der Waals surface area contributed by atoms with Gasteiger partial charge in [-0.05, 0) is 18.1 Å². The highest BCUT2D eigenvalue weighted by Gasteiger charge is 2.31. The summed E-state index contributed by atoms with van der Waals surface area (Å²) in [7, 11) is 1.42. The maximum absolute atomic E-state index is 11.4. The molecule has 0 saturated carbocycles. The van der Waals surface area contributed by atoms with Crippen molar-refractivity contribution < 1.29 is 9.53 Å². The molecule has 1 N–H and O–H groups in total. The molecule has 2 unspecified atom stereocenters. The third-order valence-corrected chi connectivity index (χ3v) is 3.29. The number of benzene rings is 1. The average molecular weight is 240 g/mol. The van der Waals surface area contributed by atoms with Crippen LogP contribution < -0.4 is 5.32 Å². The Morgan fingerprint density at radius 2 is 2.25 bits per heavy atom. The van der Waals surface area contributed by atoms with Gasteiger partial charge >= 0.3 is 5.97 Å². The highest BCUT2D eigenvalue weighted by molar-refractivity contribution is 6.31. The lowest BCUT2D eigenvalue weighted by molar-refractivity contribution is -0.144. The normalized spacial score (nSPS) is 24.4. The van der Waals surface area contributed by atoms with Crippen LogP contribution in [0.3, 0.4) is 0 Å². The van der Waals surface area contributed by atoms with Crippen LogP contribution in [0.15, 0.2) is 24.3 Å². The Morgan fingerprint density at radius 1 is 1.50 bits per heavy atom. The first-order chi connectivity index (χ1) is 7.72. The first-order valence-electron chi connectivity index (χ1n) is 5.28. The SMILES string of the molecule is COC(=O)C1CNC(c2ccccc2Cl)C1. The summed E-state index contributed by atoms with van der Waals surface area (Å²) in [6.45, 7) is 0.655. The first kappa shape index (κ1) is 11.4. The topological polar surface area (TPSA) is 38.3 Å². The molecule has 1 aromatic rings. The van der Waals surface area contributed by atoms with Crippen molar-refractivity contribution in [3.63, 3.8) is 0 Å². The van der Waals surface area contributed by atoms with Gasteiger partial charge in [-0.15, -0.1) is 0 Å². The number of carbonyl (C=O) groups is 1. The second-order valence-electron chi connectivity index (χ2n) is 3.94. The summed E-state index contributed by atoms with van der Waals surface area (Å²) in [5.41, 5.74) is 1.05. The van der Waals surface area contributed by atoms with Crippen LogP contribution in [0.1, 0.15) is 18.0 Å². The third-order valence-electron chi connectivity index (χ3n) is 2.95. The van der Waals surface area contributed by atoms with E-state index in [4.69, 9.17) is 16.3 Å². The summed E-state index contributed by atoms with van der Waals surface area (Å²) in [5, 5.41) is 4.03. The molecule has 16 heavy (non-hydrogen) atoms. The van der Waals surface area contributed by atoms with Crippen LogP contribution in [-0.2, 0) is 9.53 Å². The fourth-order valence-corrected chi connectivity index (χ4v) is 2.34. The lowest BCUT2D eigenvalue weighted by Crippen LogP contribution is -2.19. The number of carbonyl (C=O) groups excluding carboxylic acids is 1. The average Bonchev–Trinajstić information content (AvgIpc) is 2.78. The summed E-state index contributed by atoms with van der Waals surface area (Å²) >= 11 is 6.11. The molecule has 0 spiro atoms. The molecule has 1 aliphatic rings. The standard InChI is InChI=1S/C12H14ClNO2/c1-16-12(15)8-6-11(14-7-8)9-4-2-3-5-10(9)13/h2-5,8,11,14H,6-7H2,1H3. The Morgan fingerprint density at radius 3 is 2.94 bits per heavy atom. The number of ether oxygens (including phenoxy) is 1. The highest BCUT2D eigenvalue weighted by Crippen LogP contribution is 2.31. The van der Waals surface area contributed by atoms with Gasteiger partial charge in [-0.2, -0.15) is 0 Å². The van der Waals surface area contributed by atoms with E-state index in [1.54, 1.807) is 0 Å². The predicted molar refractivity (Wildman–Crippen MR) is 62.3 cm³/mol. The molecule has 1 heterocycles. The van der Waals surface area contributed by atoms with Gasteiger partial charge in [0.25, 0.3) is 0 Å². The minimum atomic E-state index is -0.151. The molecule has 0 radical (unpaired) electrons. The largest absolute Gasteiger partial charge is 0.469 e. The number of hydrogen-bond acceptors (Lipinski definition) is 3. The molecule has 0 aromatic heterocycles. The number of nitrogens with one attached hydrogen (secondary N) is 1. The fourth-order valence-electron chi connectivity index (χ4n) is 2.08. The molecule has 1 saturated heterocycles. The van der Waals surface area contributed by atoms with Gasteiger partial charge in [-0.25, -0.2) is 0 Å². The number of esters is 1. The lowest BCUT2D eigenvalue weighted by atomic mass is 10.0. The zero-order valence-electron chi connectivity index (χ0n) is 9.07. The van der Waals surface area contributed by atoms with Gasteiger partial charge in [0, 0.05) is 17.6 Å². The molecule has 0 amide bonds.